The molecule has 0 fully saturated rings. The van der Waals surface area contributed by atoms with Crippen molar-refractivity contribution >= 4 is 0 Å². The van der Waals surface area contributed by atoms with Gasteiger partial charge >= 0.3 is 0 Å². The first-order valence-corrected chi connectivity index (χ1v) is 6.65. The van der Waals surface area contributed by atoms with Crippen LogP contribution >= 0.6 is 0 Å². The van der Waals surface area contributed by atoms with E-state index in [0.717, 1.165) is 11.1 Å². The van der Waals surface area contributed by atoms with E-state index in [1.807, 2.05) is 6.07 Å². The molecule has 0 unspecified atom stereocenters. The van der Waals surface area contributed by atoms with Gasteiger partial charge in [0.2, 0.25) is 0 Å². The lowest BCUT2D eigenvalue weighted by molar-refractivity contribution is 0.589. The summed E-state index contributed by atoms with van der Waals surface area (Å²) in [6.45, 7) is 8.75. The number of aryl methyl sites for hydroxylation is 1. The van der Waals surface area contributed by atoms with Gasteiger partial charge in [0.25, 0.3) is 0 Å². The van der Waals surface area contributed by atoms with E-state index >= 15 is 0 Å². The van der Waals surface area contributed by atoms with Gasteiger partial charge in [-0.05, 0) is 36.1 Å². The van der Waals surface area contributed by atoms with Crippen molar-refractivity contribution in [2.75, 3.05) is 0 Å². The third-order valence-electron chi connectivity index (χ3n) is 3.13. The molecule has 0 amide bonds. The Hall–Kier alpha value is -2.00. The Kier molecular flexibility index (Phi) is 3.76. The number of rotatable bonds is 0. The van der Waals surface area contributed by atoms with Gasteiger partial charge in [0, 0.05) is 11.1 Å². The van der Waals surface area contributed by atoms with Crippen LogP contribution in [0, 0.1) is 18.8 Å². The number of benzene rings is 2. The molecular formula is C19H20. The van der Waals surface area contributed by atoms with Crippen LogP contribution in [0.1, 0.15) is 43.0 Å². The van der Waals surface area contributed by atoms with Crippen LogP contribution in [0.2, 0.25) is 0 Å². The van der Waals surface area contributed by atoms with E-state index in [-0.39, 0.29) is 5.41 Å². The minimum Gasteiger partial charge on any atom is -0.0619 e. The zero-order valence-electron chi connectivity index (χ0n) is 12.1. The van der Waals surface area contributed by atoms with Gasteiger partial charge in [-0.15, -0.1) is 0 Å². The van der Waals surface area contributed by atoms with Crippen LogP contribution in [0.4, 0.5) is 0 Å². The summed E-state index contributed by atoms with van der Waals surface area (Å²) in [6.07, 6.45) is 0. The van der Waals surface area contributed by atoms with Crippen molar-refractivity contribution in [1.82, 2.24) is 0 Å². The Morgan fingerprint density at radius 3 is 2.05 bits per heavy atom. The van der Waals surface area contributed by atoms with Gasteiger partial charge in [-0.1, -0.05) is 68.5 Å². The Labute approximate surface area is 116 Å². The third-order valence-corrected chi connectivity index (χ3v) is 3.13. The summed E-state index contributed by atoms with van der Waals surface area (Å²) in [5.74, 6) is 6.56. The van der Waals surface area contributed by atoms with Crippen molar-refractivity contribution in [1.29, 1.82) is 0 Å². The number of hydrogen-bond donors (Lipinski definition) is 0. The molecule has 0 aromatic heterocycles. The molecule has 0 nitrogen and oxygen atoms in total. The van der Waals surface area contributed by atoms with Crippen LogP contribution < -0.4 is 0 Å². The van der Waals surface area contributed by atoms with Crippen LogP contribution in [-0.2, 0) is 5.41 Å². The Morgan fingerprint density at radius 1 is 0.789 bits per heavy atom. The summed E-state index contributed by atoms with van der Waals surface area (Å²) in [4.78, 5) is 0. The smallest absolute Gasteiger partial charge is 0.0286 e. The van der Waals surface area contributed by atoms with Gasteiger partial charge in [0.1, 0.15) is 0 Å². The topological polar surface area (TPSA) is 0 Å². The predicted octanol–water partition coefficient (Wildman–Crippen LogP) is 4.69. The second-order valence-corrected chi connectivity index (χ2v) is 5.91. The molecule has 2 aromatic carbocycles. The average molecular weight is 248 g/mol. The van der Waals surface area contributed by atoms with Crippen LogP contribution in [0.3, 0.4) is 0 Å². The highest BCUT2D eigenvalue weighted by Gasteiger charge is 2.16. The van der Waals surface area contributed by atoms with Gasteiger partial charge in [0.05, 0.1) is 0 Å². The number of hydrogen-bond acceptors (Lipinski definition) is 0. The van der Waals surface area contributed by atoms with E-state index in [2.05, 4.69) is 82.0 Å². The molecule has 0 saturated heterocycles. The Bertz CT molecular complexity index is 614. The van der Waals surface area contributed by atoms with Gasteiger partial charge in [-0.25, -0.2) is 0 Å². The molecular weight excluding hydrogens is 228 g/mol. The summed E-state index contributed by atoms with van der Waals surface area (Å²) < 4.78 is 0. The summed E-state index contributed by atoms with van der Waals surface area (Å²) in [5.41, 5.74) is 4.87. The van der Waals surface area contributed by atoms with E-state index in [1.54, 1.807) is 0 Å². The maximum atomic E-state index is 3.31. The van der Waals surface area contributed by atoms with Crippen LogP contribution in [-0.4, -0.2) is 0 Å². The molecule has 0 aliphatic rings. The molecule has 2 aromatic rings. The molecule has 0 aliphatic carbocycles. The van der Waals surface area contributed by atoms with Crippen LogP contribution in [0.15, 0.2) is 48.5 Å². The fourth-order valence-corrected chi connectivity index (χ4v) is 2.02. The molecule has 0 bridgehead atoms. The van der Waals surface area contributed by atoms with Crippen molar-refractivity contribution in [3.8, 4) is 11.8 Å². The molecule has 0 heteroatoms. The predicted molar refractivity (Wildman–Crippen MR) is 82.3 cm³/mol. The molecule has 0 aliphatic heterocycles. The first-order chi connectivity index (χ1) is 8.97. The highest BCUT2D eigenvalue weighted by atomic mass is 14.2. The highest BCUT2D eigenvalue weighted by molar-refractivity contribution is 5.48. The van der Waals surface area contributed by atoms with Crippen molar-refractivity contribution < 1.29 is 0 Å². The van der Waals surface area contributed by atoms with E-state index in [9.17, 15) is 0 Å². The lowest BCUT2D eigenvalue weighted by Gasteiger charge is -2.20. The molecule has 0 N–H and O–H groups in total. The largest absolute Gasteiger partial charge is 0.0619 e. The van der Waals surface area contributed by atoms with Gasteiger partial charge < -0.3 is 0 Å². The van der Waals surface area contributed by atoms with Crippen molar-refractivity contribution in [3.63, 3.8) is 0 Å². The first kappa shape index (κ1) is 13.4. The quantitative estimate of drug-likeness (QED) is 0.593. The lowest BCUT2D eigenvalue weighted by Crippen LogP contribution is -2.12. The monoisotopic (exact) mass is 248 g/mol. The molecule has 0 saturated carbocycles. The van der Waals surface area contributed by atoms with Gasteiger partial charge in [-0.3, -0.25) is 0 Å². The molecule has 19 heavy (non-hydrogen) atoms. The zero-order chi connectivity index (χ0) is 13.9. The summed E-state index contributed by atoms with van der Waals surface area (Å²) in [7, 11) is 0. The first-order valence-electron chi connectivity index (χ1n) is 6.65. The van der Waals surface area contributed by atoms with E-state index in [0.29, 0.717) is 0 Å². The van der Waals surface area contributed by atoms with E-state index < -0.39 is 0 Å². The molecule has 0 atom stereocenters. The fourth-order valence-electron chi connectivity index (χ4n) is 2.02. The van der Waals surface area contributed by atoms with E-state index in [4.69, 9.17) is 0 Å². The minimum absolute atomic E-state index is 0.124. The van der Waals surface area contributed by atoms with Crippen LogP contribution in [0.5, 0.6) is 0 Å². The van der Waals surface area contributed by atoms with Crippen LogP contribution in [0.25, 0.3) is 0 Å². The Balaban J connectivity index is 2.37. The van der Waals surface area contributed by atoms with Crippen molar-refractivity contribution in [3.05, 3.63) is 70.8 Å². The SMILES string of the molecule is Cc1ccc(C#Cc2ccccc2C(C)(C)C)cc1. The Morgan fingerprint density at radius 2 is 1.42 bits per heavy atom. The standard InChI is InChI=1S/C19H20/c1-15-9-11-16(12-10-15)13-14-17-7-5-6-8-18(17)19(2,3)4/h5-12H,1-4H3. The summed E-state index contributed by atoms with van der Waals surface area (Å²) in [6, 6.07) is 16.7. The van der Waals surface area contributed by atoms with E-state index in [1.165, 1.54) is 11.1 Å². The molecule has 0 radical (unpaired) electrons. The third kappa shape index (κ3) is 3.48. The van der Waals surface area contributed by atoms with Gasteiger partial charge in [-0.2, -0.15) is 0 Å². The fraction of sp³-hybridized carbons (Fsp3) is 0.263. The van der Waals surface area contributed by atoms with Gasteiger partial charge in [0.15, 0.2) is 0 Å². The highest BCUT2D eigenvalue weighted by Crippen LogP contribution is 2.25. The second-order valence-electron chi connectivity index (χ2n) is 5.91. The lowest BCUT2D eigenvalue weighted by atomic mass is 9.84. The minimum atomic E-state index is 0.124. The summed E-state index contributed by atoms with van der Waals surface area (Å²) in [5, 5.41) is 0. The normalized spacial score (nSPS) is 10.7. The maximum Gasteiger partial charge on any atom is 0.0286 e. The summed E-state index contributed by atoms with van der Waals surface area (Å²) >= 11 is 0. The molecule has 96 valence electrons. The molecule has 0 spiro atoms. The molecule has 2 rings (SSSR count). The molecule has 0 heterocycles. The van der Waals surface area contributed by atoms with Crippen molar-refractivity contribution in [2.45, 2.75) is 33.1 Å². The maximum absolute atomic E-state index is 3.31. The van der Waals surface area contributed by atoms with Crippen molar-refractivity contribution in [2.24, 2.45) is 0 Å². The second kappa shape index (κ2) is 5.33. The zero-order valence-corrected chi connectivity index (χ0v) is 12.1. The average Bonchev–Trinajstić information content (AvgIpc) is 2.37.